The Labute approximate surface area is 207 Å². The molecule has 2 saturated heterocycles. The summed E-state index contributed by atoms with van der Waals surface area (Å²) in [6.45, 7) is 3.38. The summed E-state index contributed by atoms with van der Waals surface area (Å²) >= 11 is 12.4. The van der Waals surface area contributed by atoms with Crippen molar-refractivity contribution in [2.45, 2.75) is 12.2 Å². The first-order valence-corrected chi connectivity index (χ1v) is 12.2. The number of carbonyl (C=O) groups is 1. The van der Waals surface area contributed by atoms with Gasteiger partial charge >= 0.3 is 0 Å². The molecule has 2 unspecified atom stereocenters. The number of rotatable bonds is 5. The van der Waals surface area contributed by atoms with E-state index in [-0.39, 0.29) is 28.8 Å². The number of ketones is 1. The number of para-hydroxylation sites is 1. The van der Waals surface area contributed by atoms with E-state index in [1.165, 1.54) is 36.2 Å². The van der Waals surface area contributed by atoms with Gasteiger partial charge in [-0.2, -0.15) is 0 Å². The van der Waals surface area contributed by atoms with E-state index in [0.29, 0.717) is 42.7 Å². The van der Waals surface area contributed by atoms with Gasteiger partial charge in [0.05, 0.1) is 19.3 Å². The zero-order chi connectivity index (χ0) is 23.2. The molecule has 10 heteroatoms. The van der Waals surface area contributed by atoms with Crippen molar-refractivity contribution in [1.29, 1.82) is 0 Å². The zero-order valence-corrected chi connectivity index (χ0v) is 20.3. The van der Waals surface area contributed by atoms with E-state index in [2.05, 4.69) is 9.62 Å². The quantitative estimate of drug-likeness (QED) is 0.372. The number of anilines is 1. The molecular formula is C23H24FN3O3S3. The SMILES string of the molecule is O=C(C(=S)N1CCOC(C2CN(SC(=S)Nc3ccccc3)CCO2)C1)c1ccc(F)cc1. The first-order valence-electron chi connectivity index (χ1n) is 10.6. The van der Waals surface area contributed by atoms with Crippen LogP contribution in [0.25, 0.3) is 0 Å². The number of Topliss-reactive ketones (excluding diaryl/α,β-unsaturated/α-hetero) is 1. The number of hydrogen-bond donors (Lipinski definition) is 1. The highest BCUT2D eigenvalue weighted by Gasteiger charge is 2.35. The molecule has 0 aromatic heterocycles. The fraction of sp³-hybridized carbons (Fsp3) is 0.348. The number of nitrogens with one attached hydrogen (secondary N) is 1. The molecule has 2 aliphatic rings. The summed E-state index contributed by atoms with van der Waals surface area (Å²) in [6, 6.07) is 15.2. The minimum atomic E-state index is -0.390. The third-order valence-electron chi connectivity index (χ3n) is 5.38. The highest BCUT2D eigenvalue weighted by molar-refractivity contribution is 8.21. The molecule has 33 heavy (non-hydrogen) atoms. The fourth-order valence-corrected chi connectivity index (χ4v) is 5.19. The van der Waals surface area contributed by atoms with Crippen LogP contribution < -0.4 is 5.32 Å². The van der Waals surface area contributed by atoms with Crippen LogP contribution in [-0.4, -0.2) is 75.9 Å². The van der Waals surface area contributed by atoms with E-state index >= 15 is 0 Å². The van der Waals surface area contributed by atoms with Crippen LogP contribution in [0.2, 0.25) is 0 Å². The van der Waals surface area contributed by atoms with Gasteiger partial charge in [0.15, 0.2) is 9.31 Å². The first kappa shape index (κ1) is 24.2. The smallest absolute Gasteiger partial charge is 0.220 e. The van der Waals surface area contributed by atoms with E-state index in [9.17, 15) is 9.18 Å². The molecule has 174 valence electrons. The van der Waals surface area contributed by atoms with Gasteiger partial charge in [0.2, 0.25) is 5.78 Å². The van der Waals surface area contributed by atoms with Crippen LogP contribution in [0.4, 0.5) is 10.1 Å². The van der Waals surface area contributed by atoms with Crippen molar-refractivity contribution in [3.8, 4) is 0 Å². The highest BCUT2D eigenvalue weighted by atomic mass is 32.2. The van der Waals surface area contributed by atoms with Crippen LogP contribution in [0.3, 0.4) is 0 Å². The van der Waals surface area contributed by atoms with Crippen molar-refractivity contribution in [1.82, 2.24) is 9.21 Å². The summed E-state index contributed by atoms with van der Waals surface area (Å²) in [6.07, 6.45) is -0.394. The van der Waals surface area contributed by atoms with Gasteiger partial charge in [-0.05, 0) is 48.3 Å². The lowest BCUT2D eigenvalue weighted by Gasteiger charge is -2.41. The number of thiocarbonyl (C=S) groups is 2. The van der Waals surface area contributed by atoms with E-state index in [1.807, 2.05) is 35.2 Å². The van der Waals surface area contributed by atoms with E-state index < -0.39 is 0 Å². The Bertz CT molecular complexity index is 993. The Hall–Kier alpha value is -1.95. The highest BCUT2D eigenvalue weighted by Crippen LogP contribution is 2.23. The average Bonchev–Trinajstić information content (AvgIpc) is 2.84. The molecule has 6 nitrogen and oxygen atoms in total. The van der Waals surface area contributed by atoms with Crippen LogP contribution in [0, 0.1) is 5.82 Å². The number of nitrogens with zero attached hydrogens (tertiary/aromatic N) is 2. The van der Waals surface area contributed by atoms with Gasteiger partial charge in [0.25, 0.3) is 0 Å². The fourth-order valence-electron chi connectivity index (χ4n) is 3.69. The number of benzene rings is 2. The lowest BCUT2D eigenvalue weighted by atomic mass is 10.1. The number of halogens is 1. The van der Waals surface area contributed by atoms with Gasteiger partial charge in [-0.1, -0.05) is 42.6 Å². The summed E-state index contributed by atoms with van der Waals surface area (Å²) in [5, 5.41) is 3.23. The predicted octanol–water partition coefficient (Wildman–Crippen LogP) is 3.78. The molecule has 2 fully saturated rings. The van der Waals surface area contributed by atoms with Gasteiger partial charge < -0.3 is 19.7 Å². The summed E-state index contributed by atoms with van der Waals surface area (Å²) < 4.78 is 28.0. The van der Waals surface area contributed by atoms with Crippen molar-refractivity contribution in [2.24, 2.45) is 0 Å². The van der Waals surface area contributed by atoms with E-state index in [4.69, 9.17) is 33.9 Å². The van der Waals surface area contributed by atoms with Gasteiger partial charge in [0, 0.05) is 37.4 Å². The second-order valence-corrected chi connectivity index (χ2v) is 9.82. The average molecular weight is 506 g/mol. The number of hydrogen-bond acceptors (Lipinski definition) is 7. The summed E-state index contributed by atoms with van der Waals surface area (Å²) in [4.78, 5) is 14.8. The van der Waals surface area contributed by atoms with Crippen LogP contribution in [-0.2, 0) is 9.47 Å². The summed E-state index contributed by atoms with van der Waals surface area (Å²) in [7, 11) is 0. The Morgan fingerprint density at radius 1 is 0.970 bits per heavy atom. The van der Waals surface area contributed by atoms with Crippen LogP contribution >= 0.6 is 36.4 Å². The number of carbonyl (C=O) groups excluding carboxylic acids is 1. The molecule has 0 bridgehead atoms. The number of ether oxygens (including phenoxy) is 2. The topological polar surface area (TPSA) is 54.0 Å². The third kappa shape index (κ3) is 6.56. The van der Waals surface area contributed by atoms with Gasteiger partial charge in [0.1, 0.15) is 11.9 Å². The van der Waals surface area contributed by atoms with Crippen LogP contribution in [0.5, 0.6) is 0 Å². The Balaban J connectivity index is 1.31. The van der Waals surface area contributed by atoms with Crippen molar-refractivity contribution >= 4 is 57.2 Å². The second kappa shape index (κ2) is 11.5. The molecule has 0 amide bonds. The monoisotopic (exact) mass is 505 g/mol. The zero-order valence-electron chi connectivity index (χ0n) is 17.8. The van der Waals surface area contributed by atoms with E-state index in [1.54, 1.807) is 0 Å². The number of morpholine rings is 2. The molecule has 2 aromatic rings. The maximum Gasteiger partial charge on any atom is 0.220 e. The molecule has 2 aliphatic heterocycles. The predicted molar refractivity (Wildman–Crippen MR) is 136 cm³/mol. The molecule has 2 aromatic carbocycles. The first-order chi connectivity index (χ1) is 16.0. The molecule has 2 heterocycles. The molecule has 0 saturated carbocycles. The summed E-state index contributed by atoms with van der Waals surface area (Å²) in [5.74, 6) is -0.677. The van der Waals surface area contributed by atoms with Crippen molar-refractivity contribution in [3.63, 3.8) is 0 Å². The largest absolute Gasteiger partial charge is 0.373 e. The second-order valence-electron chi connectivity index (χ2n) is 7.66. The third-order valence-corrected chi connectivity index (χ3v) is 7.01. The normalized spacial score (nSPS) is 21.4. The Kier molecular flexibility index (Phi) is 8.39. The maximum atomic E-state index is 13.2. The minimum Gasteiger partial charge on any atom is -0.373 e. The standard InChI is InChI=1S/C23H24FN3O3S3/c24-17-8-6-16(7-9-17)21(28)22(31)26-10-12-29-19(14-26)20-15-27(11-13-30-20)33-23(32)25-18-4-2-1-3-5-18/h1-9,19-20H,10-15H2,(H,25,32). The Morgan fingerprint density at radius 2 is 1.64 bits per heavy atom. The van der Waals surface area contributed by atoms with Crippen molar-refractivity contribution < 1.29 is 18.7 Å². The molecule has 0 radical (unpaired) electrons. The van der Waals surface area contributed by atoms with Gasteiger partial charge in [-0.15, -0.1) is 0 Å². The molecule has 2 atom stereocenters. The van der Waals surface area contributed by atoms with E-state index in [0.717, 1.165) is 12.2 Å². The minimum absolute atomic E-state index is 0.169. The van der Waals surface area contributed by atoms with Gasteiger partial charge in [-0.3, -0.25) is 4.79 Å². The molecule has 0 aliphatic carbocycles. The lowest BCUT2D eigenvalue weighted by molar-refractivity contribution is -0.118. The lowest BCUT2D eigenvalue weighted by Crippen LogP contribution is -2.55. The van der Waals surface area contributed by atoms with Crippen LogP contribution in [0.1, 0.15) is 10.4 Å². The van der Waals surface area contributed by atoms with Gasteiger partial charge in [-0.25, -0.2) is 8.70 Å². The molecule has 0 spiro atoms. The maximum absolute atomic E-state index is 13.2. The van der Waals surface area contributed by atoms with Crippen LogP contribution in [0.15, 0.2) is 54.6 Å². The molecular weight excluding hydrogens is 481 g/mol. The molecule has 1 N–H and O–H groups in total. The van der Waals surface area contributed by atoms with Crippen molar-refractivity contribution in [3.05, 3.63) is 66.0 Å². The van der Waals surface area contributed by atoms with Crippen molar-refractivity contribution in [2.75, 3.05) is 44.7 Å². The molecule has 4 rings (SSSR count). The Morgan fingerprint density at radius 3 is 2.36 bits per heavy atom. The summed E-state index contributed by atoms with van der Waals surface area (Å²) in [5.41, 5.74) is 1.32.